The van der Waals surface area contributed by atoms with E-state index >= 15 is 0 Å². The van der Waals surface area contributed by atoms with Gasteiger partial charge in [0.25, 0.3) is 0 Å². The fourth-order valence-corrected chi connectivity index (χ4v) is 2.93. The fourth-order valence-electron chi connectivity index (χ4n) is 2.93. The van der Waals surface area contributed by atoms with Crippen molar-refractivity contribution in [2.45, 2.75) is 24.6 Å². The van der Waals surface area contributed by atoms with Crippen LogP contribution < -0.4 is 11.1 Å². The van der Waals surface area contributed by atoms with Crippen LogP contribution in [0.1, 0.15) is 16.8 Å². The molecule has 7 heteroatoms. The van der Waals surface area contributed by atoms with Crippen molar-refractivity contribution in [3.05, 3.63) is 29.3 Å². The van der Waals surface area contributed by atoms with Gasteiger partial charge < -0.3 is 20.9 Å². The van der Waals surface area contributed by atoms with Crippen molar-refractivity contribution in [3.8, 4) is 0 Å². The highest BCUT2D eigenvalue weighted by atomic mass is 19.2. The van der Waals surface area contributed by atoms with Crippen molar-refractivity contribution in [2.75, 3.05) is 11.9 Å². The van der Waals surface area contributed by atoms with Gasteiger partial charge in [-0.25, -0.2) is 13.6 Å². The van der Waals surface area contributed by atoms with E-state index in [2.05, 4.69) is 5.32 Å². The quantitative estimate of drug-likeness (QED) is 0.776. The molecule has 3 rings (SSSR count). The summed E-state index contributed by atoms with van der Waals surface area (Å²) in [6.07, 6.45) is 0.783. The summed E-state index contributed by atoms with van der Waals surface area (Å²) in [5, 5.41) is 11.5. The molecule has 0 radical (unpaired) electrons. The van der Waals surface area contributed by atoms with E-state index in [1.807, 2.05) is 0 Å². The third-order valence-electron chi connectivity index (χ3n) is 4.08. The maximum Gasteiger partial charge on any atom is 0.338 e. The summed E-state index contributed by atoms with van der Waals surface area (Å²) in [5.41, 5.74) is 5.18. The van der Waals surface area contributed by atoms with E-state index in [4.69, 9.17) is 15.6 Å². The summed E-state index contributed by atoms with van der Waals surface area (Å²) in [4.78, 5) is 10.7. The molecule has 2 fully saturated rings. The van der Waals surface area contributed by atoms with Gasteiger partial charge in [0.1, 0.15) is 0 Å². The van der Waals surface area contributed by atoms with Crippen LogP contribution in [0, 0.1) is 17.6 Å². The first-order chi connectivity index (χ1) is 9.50. The minimum absolute atomic E-state index is 0.0911. The van der Waals surface area contributed by atoms with Crippen molar-refractivity contribution in [1.82, 2.24) is 0 Å². The van der Waals surface area contributed by atoms with Gasteiger partial charge in [0, 0.05) is 18.6 Å². The van der Waals surface area contributed by atoms with Gasteiger partial charge in [-0.15, -0.1) is 0 Å². The number of ether oxygens (including phenoxy) is 1. The summed E-state index contributed by atoms with van der Waals surface area (Å²) in [6, 6.07) is 1.77. The second-order valence-electron chi connectivity index (χ2n) is 5.13. The molecule has 1 saturated heterocycles. The molecule has 5 nitrogen and oxygen atoms in total. The molecule has 0 bridgehead atoms. The highest BCUT2D eigenvalue weighted by Crippen LogP contribution is 2.39. The van der Waals surface area contributed by atoms with E-state index in [1.165, 1.54) is 6.07 Å². The number of fused-ring (bicyclic) bond motifs is 1. The van der Waals surface area contributed by atoms with Gasteiger partial charge in [0.05, 0.1) is 23.4 Å². The van der Waals surface area contributed by atoms with E-state index < -0.39 is 23.2 Å². The molecule has 4 N–H and O–H groups in total. The van der Waals surface area contributed by atoms with Crippen molar-refractivity contribution in [2.24, 2.45) is 11.7 Å². The van der Waals surface area contributed by atoms with Gasteiger partial charge in [0.15, 0.2) is 11.6 Å². The van der Waals surface area contributed by atoms with Crippen LogP contribution in [0.25, 0.3) is 0 Å². The fraction of sp³-hybridized carbons (Fsp3) is 0.462. The number of hydrogen-bond donors (Lipinski definition) is 3. The Morgan fingerprint density at radius 2 is 2.15 bits per heavy atom. The number of nitrogens with one attached hydrogen (secondary N) is 1. The third kappa shape index (κ3) is 1.85. The molecule has 1 aliphatic heterocycles. The smallest absolute Gasteiger partial charge is 0.338 e. The highest BCUT2D eigenvalue weighted by Gasteiger charge is 2.52. The van der Waals surface area contributed by atoms with E-state index in [-0.39, 0.29) is 29.8 Å². The molecule has 20 heavy (non-hydrogen) atoms. The minimum Gasteiger partial charge on any atom is -0.478 e. The molecular weight excluding hydrogens is 270 g/mol. The lowest BCUT2D eigenvalue weighted by Crippen LogP contribution is -2.65. The standard InChI is InChI=1S/C13H14F2N2O3/c14-8-5(13(18)19)1-2-7(9(8)15)17-11-10(16)6-3-4-20-12(6)11/h1-2,6,10-12,17H,3-4,16H2,(H,18,19). The monoisotopic (exact) mass is 284 g/mol. The summed E-state index contributed by atoms with van der Waals surface area (Å²) in [6.45, 7) is 0.621. The second-order valence-corrected chi connectivity index (χ2v) is 5.13. The van der Waals surface area contributed by atoms with Gasteiger partial charge in [0.2, 0.25) is 0 Å². The average Bonchev–Trinajstić information content (AvgIpc) is 2.84. The first-order valence-corrected chi connectivity index (χ1v) is 6.35. The Morgan fingerprint density at radius 1 is 1.40 bits per heavy atom. The molecule has 4 unspecified atom stereocenters. The minimum atomic E-state index is -1.51. The summed E-state index contributed by atoms with van der Waals surface area (Å²) in [5.74, 6) is -3.84. The van der Waals surface area contributed by atoms with E-state index in [0.717, 1.165) is 12.5 Å². The van der Waals surface area contributed by atoms with Crippen LogP contribution in [0.3, 0.4) is 0 Å². The van der Waals surface area contributed by atoms with Gasteiger partial charge in [-0.05, 0) is 18.6 Å². The number of nitrogens with two attached hydrogens (primary N) is 1. The zero-order valence-electron chi connectivity index (χ0n) is 10.5. The molecule has 4 atom stereocenters. The SMILES string of the molecule is NC1C2CCOC2C1Nc1ccc(C(=O)O)c(F)c1F. The lowest BCUT2D eigenvalue weighted by atomic mass is 9.72. The van der Waals surface area contributed by atoms with Crippen LogP contribution in [0.4, 0.5) is 14.5 Å². The predicted octanol–water partition coefficient (Wildman–Crippen LogP) is 1.19. The van der Waals surface area contributed by atoms with Crippen LogP contribution in [0.5, 0.6) is 0 Å². The number of halogens is 2. The van der Waals surface area contributed by atoms with E-state index in [1.54, 1.807) is 0 Å². The van der Waals surface area contributed by atoms with Gasteiger partial charge in [-0.1, -0.05) is 0 Å². The Balaban J connectivity index is 1.82. The molecule has 1 aromatic carbocycles. The molecular formula is C13H14F2N2O3. The van der Waals surface area contributed by atoms with E-state index in [0.29, 0.717) is 6.61 Å². The highest BCUT2D eigenvalue weighted by molar-refractivity contribution is 5.88. The van der Waals surface area contributed by atoms with Crippen molar-refractivity contribution >= 4 is 11.7 Å². The first kappa shape index (κ1) is 13.3. The van der Waals surface area contributed by atoms with Gasteiger partial charge in [-0.2, -0.15) is 0 Å². The topological polar surface area (TPSA) is 84.6 Å². The Morgan fingerprint density at radius 3 is 2.85 bits per heavy atom. The number of rotatable bonds is 3. The maximum atomic E-state index is 13.8. The maximum absolute atomic E-state index is 13.8. The van der Waals surface area contributed by atoms with E-state index in [9.17, 15) is 13.6 Å². The normalized spacial score (nSPS) is 31.6. The summed E-state index contributed by atoms with van der Waals surface area (Å²) < 4.78 is 32.9. The van der Waals surface area contributed by atoms with Crippen LogP contribution in [-0.2, 0) is 4.74 Å². The molecule has 108 valence electrons. The zero-order chi connectivity index (χ0) is 14.4. The van der Waals surface area contributed by atoms with Gasteiger partial charge >= 0.3 is 5.97 Å². The number of carboxylic acid groups (broad SMARTS) is 1. The molecule has 1 aliphatic carbocycles. The third-order valence-corrected chi connectivity index (χ3v) is 4.08. The second kappa shape index (κ2) is 4.68. The number of hydrogen-bond acceptors (Lipinski definition) is 4. The van der Waals surface area contributed by atoms with Crippen molar-refractivity contribution in [3.63, 3.8) is 0 Å². The largest absolute Gasteiger partial charge is 0.478 e. The van der Waals surface area contributed by atoms with Gasteiger partial charge in [-0.3, -0.25) is 0 Å². The molecule has 1 saturated carbocycles. The molecule has 0 amide bonds. The molecule has 1 aromatic rings. The van der Waals surface area contributed by atoms with Crippen LogP contribution >= 0.6 is 0 Å². The number of carboxylic acids is 1. The Bertz CT molecular complexity index is 567. The number of carbonyl (C=O) groups is 1. The Labute approximate surface area is 113 Å². The van der Waals surface area contributed by atoms with Crippen molar-refractivity contribution in [1.29, 1.82) is 0 Å². The number of aromatic carboxylic acids is 1. The molecule has 1 heterocycles. The van der Waals surface area contributed by atoms with Crippen LogP contribution in [0.2, 0.25) is 0 Å². The Hall–Kier alpha value is -1.73. The molecule has 0 aromatic heterocycles. The summed E-state index contributed by atoms with van der Waals surface area (Å²) >= 11 is 0. The average molecular weight is 284 g/mol. The lowest BCUT2D eigenvalue weighted by Gasteiger charge is -2.46. The zero-order valence-corrected chi connectivity index (χ0v) is 10.5. The number of benzene rings is 1. The van der Waals surface area contributed by atoms with Crippen LogP contribution in [0.15, 0.2) is 12.1 Å². The first-order valence-electron chi connectivity index (χ1n) is 6.35. The summed E-state index contributed by atoms with van der Waals surface area (Å²) in [7, 11) is 0. The lowest BCUT2D eigenvalue weighted by molar-refractivity contribution is 0.00524. The number of anilines is 1. The molecule has 0 spiro atoms. The van der Waals surface area contributed by atoms with Crippen LogP contribution in [-0.4, -0.2) is 35.9 Å². The Kier molecular flexibility index (Phi) is 3.10. The van der Waals surface area contributed by atoms with Crippen molar-refractivity contribution < 1.29 is 23.4 Å². The predicted molar refractivity (Wildman–Crippen MR) is 66.6 cm³/mol. The molecule has 2 aliphatic rings.